The van der Waals surface area contributed by atoms with Crippen LogP contribution in [0.5, 0.6) is 0 Å². The van der Waals surface area contributed by atoms with Gasteiger partial charge in [0.05, 0.1) is 5.52 Å². The molecule has 2 atom stereocenters. The Morgan fingerprint density at radius 2 is 2.04 bits per heavy atom. The second kappa shape index (κ2) is 7.81. The van der Waals surface area contributed by atoms with Gasteiger partial charge in [-0.25, -0.2) is 0 Å². The van der Waals surface area contributed by atoms with Gasteiger partial charge in [-0.2, -0.15) is 0 Å². The molecular weight excluding hydrogens is 326 g/mol. The maximum Gasteiger partial charge on any atom is 0.242 e. The molecule has 2 heterocycles. The number of rotatable bonds is 3. The number of para-hydroxylation sites is 1. The summed E-state index contributed by atoms with van der Waals surface area (Å²) in [5.41, 5.74) is 6.63. The summed E-state index contributed by atoms with van der Waals surface area (Å²) in [7, 11) is 0. The average molecular weight is 350 g/mol. The van der Waals surface area contributed by atoms with Crippen LogP contribution in [-0.4, -0.2) is 34.5 Å². The predicted molar refractivity (Wildman–Crippen MR) is 98.4 cm³/mol. The van der Waals surface area contributed by atoms with Gasteiger partial charge >= 0.3 is 0 Å². The normalized spacial score (nSPS) is 20.7. The Balaban J connectivity index is 0.00000208. The van der Waals surface area contributed by atoms with E-state index in [0.29, 0.717) is 17.8 Å². The first kappa shape index (κ1) is 18.5. The van der Waals surface area contributed by atoms with Gasteiger partial charge in [-0.15, -0.1) is 12.4 Å². The van der Waals surface area contributed by atoms with Gasteiger partial charge in [-0.05, 0) is 30.9 Å². The summed E-state index contributed by atoms with van der Waals surface area (Å²) in [5.74, 6) is 0.682. The Morgan fingerprint density at radius 3 is 2.79 bits per heavy atom. The fourth-order valence-corrected chi connectivity index (χ4v) is 3.44. The molecule has 1 aliphatic rings. The van der Waals surface area contributed by atoms with Gasteiger partial charge in [0, 0.05) is 36.8 Å². The highest BCUT2D eigenvalue weighted by atomic mass is 35.5. The lowest BCUT2D eigenvalue weighted by molar-refractivity contribution is -0.135. The van der Waals surface area contributed by atoms with Gasteiger partial charge in [-0.1, -0.05) is 19.1 Å². The lowest BCUT2D eigenvalue weighted by Gasteiger charge is -2.38. The Morgan fingerprint density at radius 1 is 1.29 bits per heavy atom. The van der Waals surface area contributed by atoms with Crippen LogP contribution < -0.4 is 11.2 Å². The standard InChI is InChI=1S/C18H23N3O2.ClH/c1-13-6-9-21(14(10-13)11-19)18(23)12-20-8-7-17(22)15-4-2-3-5-16(15)20;/h2-5,7-8,13-14H,6,9-12,19H2,1H3;1H. The van der Waals surface area contributed by atoms with Crippen LogP contribution in [0.2, 0.25) is 0 Å². The van der Waals surface area contributed by atoms with Gasteiger partial charge in [0.15, 0.2) is 5.43 Å². The largest absolute Gasteiger partial charge is 0.338 e. The number of carbonyl (C=O) groups excluding carboxylic acids is 1. The van der Waals surface area contributed by atoms with Crippen LogP contribution in [0.1, 0.15) is 19.8 Å². The number of hydrogen-bond acceptors (Lipinski definition) is 3. The van der Waals surface area contributed by atoms with Crippen molar-refractivity contribution in [2.24, 2.45) is 11.7 Å². The minimum atomic E-state index is -0.0177. The zero-order valence-electron chi connectivity index (χ0n) is 13.9. The van der Waals surface area contributed by atoms with E-state index in [1.54, 1.807) is 12.3 Å². The number of amides is 1. The van der Waals surface area contributed by atoms with Gasteiger partial charge < -0.3 is 15.2 Å². The minimum absolute atomic E-state index is 0. The predicted octanol–water partition coefficient (Wildman–Crippen LogP) is 2.01. The number of aromatic nitrogens is 1. The number of nitrogens with two attached hydrogens (primary N) is 1. The molecule has 130 valence electrons. The number of carbonyl (C=O) groups is 1. The zero-order valence-corrected chi connectivity index (χ0v) is 14.7. The molecule has 1 amide bonds. The lowest BCUT2D eigenvalue weighted by Crippen LogP contribution is -2.50. The second-order valence-electron chi connectivity index (χ2n) is 6.43. The smallest absolute Gasteiger partial charge is 0.242 e. The molecule has 1 saturated heterocycles. The highest BCUT2D eigenvalue weighted by molar-refractivity contribution is 5.85. The molecule has 5 nitrogen and oxygen atoms in total. The van der Waals surface area contributed by atoms with Crippen LogP contribution in [-0.2, 0) is 11.3 Å². The third-order valence-corrected chi connectivity index (χ3v) is 4.76. The highest BCUT2D eigenvalue weighted by Crippen LogP contribution is 2.22. The van der Waals surface area contributed by atoms with Crippen molar-refractivity contribution in [1.29, 1.82) is 0 Å². The second-order valence-corrected chi connectivity index (χ2v) is 6.43. The fourth-order valence-electron chi connectivity index (χ4n) is 3.44. The molecule has 24 heavy (non-hydrogen) atoms. The molecule has 1 aromatic carbocycles. The van der Waals surface area contributed by atoms with Gasteiger partial charge in [0.2, 0.25) is 5.91 Å². The van der Waals surface area contributed by atoms with Crippen molar-refractivity contribution in [1.82, 2.24) is 9.47 Å². The SMILES string of the molecule is CC1CCN(C(=O)Cn2ccc(=O)c3ccccc32)C(CN)C1.Cl. The number of likely N-dealkylation sites (tertiary alicyclic amines) is 1. The topological polar surface area (TPSA) is 68.3 Å². The summed E-state index contributed by atoms with van der Waals surface area (Å²) >= 11 is 0. The van der Waals surface area contributed by atoms with Gasteiger partial charge in [-0.3, -0.25) is 9.59 Å². The van der Waals surface area contributed by atoms with E-state index < -0.39 is 0 Å². The molecule has 6 heteroatoms. The first-order valence-electron chi connectivity index (χ1n) is 8.18. The van der Waals surface area contributed by atoms with Crippen molar-refractivity contribution in [2.75, 3.05) is 13.1 Å². The summed E-state index contributed by atoms with van der Waals surface area (Å²) < 4.78 is 1.85. The Hall–Kier alpha value is -1.85. The molecule has 2 aromatic rings. The maximum absolute atomic E-state index is 12.7. The van der Waals surface area contributed by atoms with Crippen LogP contribution in [0.4, 0.5) is 0 Å². The van der Waals surface area contributed by atoms with Crippen molar-refractivity contribution in [3.63, 3.8) is 0 Å². The van der Waals surface area contributed by atoms with Crippen LogP contribution in [0.3, 0.4) is 0 Å². The van der Waals surface area contributed by atoms with E-state index in [2.05, 4.69) is 6.92 Å². The van der Waals surface area contributed by atoms with E-state index in [0.717, 1.165) is 24.9 Å². The van der Waals surface area contributed by atoms with Crippen LogP contribution in [0.25, 0.3) is 10.9 Å². The molecule has 0 aliphatic carbocycles. The fraction of sp³-hybridized carbons (Fsp3) is 0.444. The molecule has 1 aliphatic heterocycles. The number of fused-ring (bicyclic) bond motifs is 1. The zero-order chi connectivity index (χ0) is 16.4. The lowest BCUT2D eigenvalue weighted by atomic mass is 9.92. The summed E-state index contributed by atoms with van der Waals surface area (Å²) in [5, 5.41) is 0.644. The van der Waals surface area contributed by atoms with Crippen LogP contribution in [0.15, 0.2) is 41.3 Å². The Kier molecular flexibility index (Phi) is 6.02. The van der Waals surface area contributed by atoms with E-state index in [9.17, 15) is 9.59 Å². The molecule has 1 fully saturated rings. The third-order valence-electron chi connectivity index (χ3n) is 4.76. The van der Waals surface area contributed by atoms with Crippen molar-refractivity contribution in [3.05, 3.63) is 46.8 Å². The first-order valence-corrected chi connectivity index (χ1v) is 8.18. The van der Waals surface area contributed by atoms with Gasteiger partial charge in [0.1, 0.15) is 6.54 Å². The number of piperidine rings is 1. The average Bonchev–Trinajstić information content (AvgIpc) is 2.57. The number of halogens is 1. The third kappa shape index (κ3) is 3.62. The number of benzene rings is 1. The van der Waals surface area contributed by atoms with Crippen LogP contribution >= 0.6 is 12.4 Å². The molecule has 2 N–H and O–H groups in total. The van der Waals surface area contributed by atoms with Crippen LogP contribution in [0, 0.1) is 5.92 Å². The van der Waals surface area contributed by atoms with Crippen molar-refractivity contribution in [2.45, 2.75) is 32.4 Å². The first-order chi connectivity index (χ1) is 11.1. The molecule has 0 saturated carbocycles. The number of hydrogen-bond donors (Lipinski definition) is 1. The molecule has 2 unspecified atom stereocenters. The maximum atomic E-state index is 12.7. The summed E-state index contributed by atoms with van der Waals surface area (Å²) in [6.45, 7) is 3.71. The van der Waals surface area contributed by atoms with E-state index in [1.165, 1.54) is 6.07 Å². The monoisotopic (exact) mass is 349 g/mol. The van der Waals surface area contributed by atoms with Crippen molar-refractivity contribution < 1.29 is 4.79 Å². The molecule has 0 spiro atoms. The summed E-state index contributed by atoms with van der Waals surface area (Å²) in [4.78, 5) is 26.6. The Labute approximate surface area is 147 Å². The van der Waals surface area contributed by atoms with E-state index >= 15 is 0 Å². The van der Waals surface area contributed by atoms with Gasteiger partial charge in [0.25, 0.3) is 0 Å². The van der Waals surface area contributed by atoms with E-state index in [1.807, 2.05) is 27.7 Å². The number of nitrogens with zero attached hydrogens (tertiary/aromatic N) is 2. The molecular formula is C18H24ClN3O2. The molecule has 0 radical (unpaired) electrons. The van der Waals surface area contributed by atoms with E-state index in [4.69, 9.17) is 5.73 Å². The Bertz CT molecular complexity index is 774. The van der Waals surface area contributed by atoms with Crippen molar-refractivity contribution in [3.8, 4) is 0 Å². The van der Waals surface area contributed by atoms with E-state index in [-0.39, 0.29) is 36.3 Å². The summed E-state index contributed by atoms with van der Waals surface area (Å²) in [6.07, 6.45) is 3.69. The van der Waals surface area contributed by atoms with Crippen molar-refractivity contribution >= 4 is 29.2 Å². The minimum Gasteiger partial charge on any atom is -0.338 e. The number of pyridine rings is 1. The highest BCUT2D eigenvalue weighted by Gasteiger charge is 2.28. The molecule has 0 bridgehead atoms. The summed E-state index contributed by atoms with van der Waals surface area (Å²) in [6, 6.07) is 9.04. The quantitative estimate of drug-likeness (QED) is 0.921. The molecule has 1 aromatic heterocycles. The molecule has 3 rings (SSSR count).